The molecular formula is C21H23ClN6O2. The highest BCUT2D eigenvalue weighted by Crippen LogP contribution is 2.40. The Hall–Kier alpha value is -2.84. The number of piperidine rings is 1. The van der Waals surface area contributed by atoms with Crippen LogP contribution in [0.15, 0.2) is 27.4 Å². The zero-order chi connectivity index (χ0) is 21.0. The van der Waals surface area contributed by atoms with Gasteiger partial charge in [0.2, 0.25) is 0 Å². The van der Waals surface area contributed by atoms with E-state index >= 15 is 0 Å². The average Bonchev–Trinajstić information content (AvgIpc) is 3.30. The van der Waals surface area contributed by atoms with Crippen LogP contribution in [-0.4, -0.2) is 44.5 Å². The fourth-order valence-electron chi connectivity index (χ4n) is 4.44. The van der Waals surface area contributed by atoms with Crippen LogP contribution in [0.2, 0.25) is 5.02 Å². The summed E-state index contributed by atoms with van der Waals surface area (Å²) in [5, 5.41) is 13.2. The normalized spacial score (nSPS) is 16.1. The summed E-state index contributed by atoms with van der Waals surface area (Å²) < 4.78 is 8.18. The van der Waals surface area contributed by atoms with Crippen molar-refractivity contribution in [2.45, 2.75) is 32.7 Å². The molecule has 0 aliphatic carbocycles. The first-order valence-electron chi connectivity index (χ1n) is 10.2. The number of halogens is 1. The summed E-state index contributed by atoms with van der Waals surface area (Å²) in [6.45, 7) is 7.14. The number of hydrogen-bond acceptors (Lipinski definition) is 6. The molecule has 0 radical (unpaired) electrons. The lowest BCUT2D eigenvalue weighted by Gasteiger charge is -2.31. The zero-order valence-electron chi connectivity index (χ0n) is 16.9. The highest BCUT2D eigenvalue weighted by Gasteiger charge is 2.29. The standard InChI is InChI=1S/C21H23ClN6O2/c1-3-27-8-6-13(7-9-27)28-18(16-17(26-28)21(29)25-24-20(16)23)19-11(2)14-10-12(22)4-5-15(14)30-19/h4-5,10,13H,3,6-9H2,1-2H3,(H2,23,24)(H,25,29). The lowest BCUT2D eigenvalue weighted by Crippen LogP contribution is -2.34. The highest BCUT2D eigenvalue weighted by atomic mass is 35.5. The number of H-pyrrole nitrogens is 1. The van der Waals surface area contributed by atoms with E-state index in [4.69, 9.17) is 26.9 Å². The van der Waals surface area contributed by atoms with Crippen molar-refractivity contribution < 1.29 is 4.42 Å². The number of aromatic nitrogens is 4. The second kappa shape index (κ2) is 7.14. The van der Waals surface area contributed by atoms with E-state index in [1.165, 1.54) is 0 Å². The molecule has 1 aliphatic heterocycles. The maximum absolute atomic E-state index is 12.5. The second-order valence-electron chi connectivity index (χ2n) is 7.82. The van der Waals surface area contributed by atoms with Gasteiger partial charge in [-0.3, -0.25) is 9.48 Å². The fraction of sp³-hybridized carbons (Fsp3) is 0.381. The average molecular weight is 427 g/mol. The first-order valence-corrected chi connectivity index (χ1v) is 10.5. The van der Waals surface area contributed by atoms with Crippen molar-refractivity contribution in [1.29, 1.82) is 0 Å². The molecule has 0 saturated carbocycles. The Labute approximate surface area is 177 Å². The second-order valence-corrected chi connectivity index (χ2v) is 8.25. The van der Waals surface area contributed by atoms with Crippen molar-refractivity contribution >= 4 is 39.3 Å². The van der Waals surface area contributed by atoms with Crippen LogP contribution in [-0.2, 0) is 0 Å². The molecule has 3 aromatic heterocycles. The molecular weight excluding hydrogens is 404 g/mol. The SMILES string of the molecule is CCN1CCC(n2nc3c(=O)[nH]nc(N)c3c2-c2oc3ccc(Cl)cc3c2C)CC1. The lowest BCUT2D eigenvalue weighted by molar-refractivity contribution is 0.188. The summed E-state index contributed by atoms with van der Waals surface area (Å²) in [5.41, 5.74) is 8.51. The first-order chi connectivity index (χ1) is 14.5. The summed E-state index contributed by atoms with van der Waals surface area (Å²) in [5.74, 6) is 0.876. The molecule has 4 aromatic rings. The predicted molar refractivity (Wildman–Crippen MR) is 118 cm³/mol. The minimum absolute atomic E-state index is 0.144. The predicted octanol–water partition coefficient (Wildman–Crippen LogP) is 3.73. The number of nitrogens with two attached hydrogens (primary N) is 1. The molecule has 0 atom stereocenters. The molecule has 156 valence electrons. The first kappa shape index (κ1) is 19.1. The summed E-state index contributed by atoms with van der Waals surface area (Å²) in [7, 11) is 0. The van der Waals surface area contributed by atoms with Crippen LogP contribution in [0.4, 0.5) is 5.82 Å². The maximum Gasteiger partial charge on any atom is 0.292 e. The van der Waals surface area contributed by atoms with Gasteiger partial charge in [0.05, 0.1) is 11.4 Å². The summed E-state index contributed by atoms with van der Waals surface area (Å²) in [6.07, 6.45) is 1.87. The number of likely N-dealkylation sites (tertiary alicyclic amines) is 1. The quantitative estimate of drug-likeness (QED) is 0.517. The van der Waals surface area contributed by atoms with E-state index < -0.39 is 0 Å². The largest absolute Gasteiger partial charge is 0.454 e. The van der Waals surface area contributed by atoms with Crippen molar-refractivity contribution in [3.8, 4) is 11.5 Å². The van der Waals surface area contributed by atoms with Crippen molar-refractivity contribution in [1.82, 2.24) is 24.9 Å². The number of hydrogen-bond donors (Lipinski definition) is 2. The van der Waals surface area contributed by atoms with Gasteiger partial charge < -0.3 is 15.1 Å². The van der Waals surface area contributed by atoms with Crippen molar-refractivity contribution in [3.05, 3.63) is 39.1 Å². The lowest BCUT2D eigenvalue weighted by atomic mass is 10.0. The Morgan fingerprint density at radius 3 is 2.83 bits per heavy atom. The van der Waals surface area contributed by atoms with Gasteiger partial charge in [-0.05, 0) is 44.5 Å². The molecule has 4 heterocycles. The highest BCUT2D eigenvalue weighted by molar-refractivity contribution is 6.31. The molecule has 0 spiro atoms. The van der Waals surface area contributed by atoms with Crippen LogP contribution in [0.1, 0.15) is 31.4 Å². The van der Waals surface area contributed by atoms with Gasteiger partial charge >= 0.3 is 0 Å². The van der Waals surface area contributed by atoms with Gasteiger partial charge in [0, 0.05) is 29.1 Å². The minimum Gasteiger partial charge on any atom is -0.454 e. The number of benzene rings is 1. The minimum atomic E-state index is -0.359. The Bertz CT molecular complexity index is 1310. The molecule has 9 heteroatoms. The number of furan rings is 1. The molecule has 8 nitrogen and oxygen atoms in total. The van der Waals surface area contributed by atoms with Gasteiger partial charge in [0.1, 0.15) is 11.3 Å². The molecule has 30 heavy (non-hydrogen) atoms. The Morgan fingerprint density at radius 2 is 2.10 bits per heavy atom. The van der Waals surface area contributed by atoms with Crippen molar-refractivity contribution in [2.24, 2.45) is 0 Å². The van der Waals surface area contributed by atoms with Crippen LogP contribution in [0.5, 0.6) is 0 Å². The van der Waals surface area contributed by atoms with Crippen molar-refractivity contribution in [2.75, 3.05) is 25.4 Å². The van der Waals surface area contributed by atoms with Crippen LogP contribution >= 0.6 is 11.6 Å². The number of fused-ring (bicyclic) bond motifs is 2. The van der Waals surface area contributed by atoms with Gasteiger partial charge in [-0.25, -0.2) is 5.10 Å². The Kier molecular flexibility index (Phi) is 4.56. The topological polar surface area (TPSA) is 106 Å². The van der Waals surface area contributed by atoms with Gasteiger partial charge in [-0.15, -0.1) is 0 Å². The summed E-state index contributed by atoms with van der Waals surface area (Å²) in [4.78, 5) is 14.9. The summed E-state index contributed by atoms with van der Waals surface area (Å²) >= 11 is 6.21. The number of nitrogens with zero attached hydrogens (tertiary/aromatic N) is 4. The molecule has 1 aliphatic rings. The number of anilines is 1. The fourth-order valence-corrected chi connectivity index (χ4v) is 4.61. The third kappa shape index (κ3) is 2.90. The molecule has 1 aromatic carbocycles. The summed E-state index contributed by atoms with van der Waals surface area (Å²) in [6, 6.07) is 5.68. The van der Waals surface area contributed by atoms with Gasteiger partial charge in [0.25, 0.3) is 5.56 Å². The van der Waals surface area contributed by atoms with Crippen LogP contribution in [0, 0.1) is 6.92 Å². The molecule has 1 fully saturated rings. The number of aryl methyl sites for hydroxylation is 1. The van der Waals surface area contributed by atoms with E-state index in [1.54, 1.807) is 6.07 Å². The van der Waals surface area contributed by atoms with E-state index in [1.807, 2.05) is 23.7 Å². The number of nitrogen functional groups attached to an aromatic ring is 1. The Morgan fingerprint density at radius 1 is 1.33 bits per heavy atom. The van der Waals surface area contributed by atoms with E-state index in [9.17, 15) is 4.79 Å². The molecule has 3 N–H and O–H groups in total. The molecule has 1 saturated heterocycles. The van der Waals surface area contributed by atoms with E-state index in [-0.39, 0.29) is 22.9 Å². The third-order valence-electron chi connectivity index (χ3n) is 6.12. The molecule has 0 amide bonds. The monoisotopic (exact) mass is 426 g/mol. The zero-order valence-corrected chi connectivity index (χ0v) is 17.7. The molecule has 5 rings (SSSR count). The van der Waals surface area contributed by atoms with Crippen molar-refractivity contribution in [3.63, 3.8) is 0 Å². The van der Waals surface area contributed by atoms with Crippen LogP contribution < -0.4 is 11.3 Å². The van der Waals surface area contributed by atoms with E-state index in [0.717, 1.165) is 49.0 Å². The van der Waals surface area contributed by atoms with Gasteiger partial charge in [-0.1, -0.05) is 18.5 Å². The Balaban J connectivity index is 1.77. The van der Waals surface area contributed by atoms with E-state index in [2.05, 4.69) is 22.0 Å². The number of rotatable bonds is 3. The van der Waals surface area contributed by atoms with Gasteiger partial charge in [-0.2, -0.15) is 10.2 Å². The van der Waals surface area contributed by atoms with Crippen LogP contribution in [0.3, 0.4) is 0 Å². The molecule has 0 bridgehead atoms. The molecule has 0 unspecified atom stereocenters. The smallest absolute Gasteiger partial charge is 0.292 e. The van der Waals surface area contributed by atoms with Crippen LogP contribution in [0.25, 0.3) is 33.3 Å². The number of aromatic amines is 1. The maximum atomic E-state index is 12.5. The number of nitrogens with one attached hydrogen (secondary N) is 1. The van der Waals surface area contributed by atoms with E-state index in [0.29, 0.717) is 21.9 Å². The third-order valence-corrected chi connectivity index (χ3v) is 6.36. The van der Waals surface area contributed by atoms with Gasteiger partial charge in [0.15, 0.2) is 17.1 Å².